The van der Waals surface area contributed by atoms with Crippen molar-refractivity contribution in [1.82, 2.24) is 9.47 Å². The Labute approximate surface area is 219 Å². The van der Waals surface area contributed by atoms with Gasteiger partial charge in [0.25, 0.3) is 0 Å². The Bertz CT molecular complexity index is 1160. The first-order valence-electron chi connectivity index (χ1n) is 13.6. The number of carbonyl (C=O) groups is 1. The number of hydrogen-bond acceptors (Lipinski definition) is 6. The second kappa shape index (κ2) is 12.6. The summed E-state index contributed by atoms with van der Waals surface area (Å²) in [6, 6.07) is 16.0. The average Bonchev–Trinajstić information content (AvgIpc) is 3.32. The van der Waals surface area contributed by atoms with Gasteiger partial charge in [-0.15, -0.1) is 0 Å². The molecule has 1 aromatic heterocycles. The standard InChI is InChI=1S/C30H38N2O5/c1-34-30(33)25-9-3-5-11-28(25)35-20-17-31-15-13-23(14-16-31)26-22-32(27-10-4-2-8-24(26)27)18-21-37-29-12-6-7-19-36-29/h2-5,8-11,22-23,29H,6-7,12-21H2,1H3. The van der Waals surface area contributed by atoms with Gasteiger partial charge in [-0.3, -0.25) is 4.90 Å². The van der Waals surface area contributed by atoms with E-state index in [1.807, 2.05) is 18.2 Å². The molecule has 37 heavy (non-hydrogen) atoms. The highest BCUT2D eigenvalue weighted by Gasteiger charge is 2.24. The monoisotopic (exact) mass is 506 g/mol. The van der Waals surface area contributed by atoms with Crippen LogP contribution in [0.3, 0.4) is 0 Å². The molecule has 1 unspecified atom stereocenters. The van der Waals surface area contributed by atoms with Crippen LogP contribution in [-0.2, 0) is 20.8 Å². The van der Waals surface area contributed by atoms with Crippen LogP contribution in [-0.4, -0.2) is 68.3 Å². The summed E-state index contributed by atoms with van der Waals surface area (Å²) in [6.07, 6.45) is 7.88. The van der Waals surface area contributed by atoms with Gasteiger partial charge < -0.3 is 23.5 Å². The second-order valence-electron chi connectivity index (χ2n) is 9.91. The zero-order chi connectivity index (χ0) is 25.5. The van der Waals surface area contributed by atoms with Crippen molar-refractivity contribution in [2.45, 2.75) is 50.9 Å². The smallest absolute Gasteiger partial charge is 0.341 e. The van der Waals surface area contributed by atoms with E-state index in [9.17, 15) is 4.79 Å². The molecule has 0 spiro atoms. The Balaban J connectivity index is 1.14. The van der Waals surface area contributed by atoms with Gasteiger partial charge >= 0.3 is 5.97 Å². The maximum atomic E-state index is 12.0. The number of likely N-dealkylation sites (tertiary alicyclic amines) is 1. The predicted octanol–water partition coefficient (Wildman–Crippen LogP) is 5.23. The third-order valence-electron chi connectivity index (χ3n) is 7.58. The van der Waals surface area contributed by atoms with Crippen molar-refractivity contribution in [3.05, 3.63) is 65.9 Å². The minimum Gasteiger partial charge on any atom is -0.491 e. The number of benzene rings is 2. The lowest BCUT2D eigenvalue weighted by atomic mass is 9.89. The molecule has 2 fully saturated rings. The van der Waals surface area contributed by atoms with Crippen molar-refractivity contribution >= 4 is 16.9 Å². The molecule has 3 aromatic rings. The van der Waals surface area contributed by atoms with Crippen molar-refractivity contribution in [2.24, 2.45) is 0 Å². The third kappa shape index (κ3) is 6.35. The van der Waals surface area contributed by atoms with Crippen molar-refractivity contribution in [2.75, 3.05) is 46.6 Å². The largest absolute Gasteiger partial charge is 0.491 e. The van der Waals surface area contributed by atoms with Gasteiger partial charge in [0.1, 0.15) is 17.9 Å². The lowest BCUT2D eigenvalue weighted by Gasteiger charge is -2.31. The molecule has 0 N–H and O–H groups in total. The number of aromatic nitrogens is 1. The highest BCUT2D eigenvalue weighted by Crippen LogP contribution is 2.34. The fourth-order valence-electron chi connectivity index (χ4n) is 5.53. The molecule has 2 aliphatic rings. The highest BCUT2D eigenvalue weighted by molar-refractivity contribution is 5.92. The zero-order valence-corrected chi connectivity index (χ0v) is 21.8. The van der Waals surface area contributed by atoms with Crippen LogP contribution >= 0.6 is 0 Å². The molecular weight excluding hydrogens is 468 g/mol. The summed E-state index contributed by atoms with van der Waals surface area (Å²) < 4.78 is 24.9. The van der Waals surface area contributed by atoms with E-state index in [1.54, 1.807) is 6.07 Å². The Morgan fingerprint density at radius 2 is 1.78 bits per heavy atom. The first-order chi connectivity index (χ1) is 18.2. The summed E-state index contributed by atoms with van der Waals surface area (Å²) in [5.41, 5.74) is 3.20. The summed E-state index contributed by atoms with van der Waals surface area (Å²) in [6.45, 7) is 5.77. The van der Waals surface area contributed by atoms with Crippen molar-refractivity contribution in [1.29, 1.82) is 0 Å². The van der Waals surface area contributed by atoms with Crippen molar-refractivity contribution < 1.29 is 23.7 Å². The van der Waals surface area contributed by atoms with Gasteiger partial charge in [-0.1, -0.05) is 30.3 Å². The molecule has 1 atom stereocenters. The number of fused-ring (bicyclic) bond motifs is 1. The molecule has 198 valence electrons. The molecule has 0 aliphatic carbocycles. The number of methoxy groups -OCH3 is 1. The molecule has 2 aliphatic heterocycles. The van der Waals surface area contributed by atoms with Crippen LogP contribution in [0.2, 0.25) is 0 Å². The van der Waals surface area contributed by atoms with Crippen LogP contribution in [0.25, 0.3) is 10.9 Å². The number of para-hydroxylation sites is 2. The van der Waals surface area contributed by atoms with E-state index in [0.717, 1.165) is 58.5 Å². The molecule has 7 nitrogen and oxygen atoms in total. The second-order valence-corrected chi connectivity index (χ2v) is 9.91. The van der Waals surface area contributed by atoms with E-state index < -0.39 is 0 Å². The molecule has 2 saturated heterocycles. The molecule has 0 saturated carbocycles. The number of hydrogen-bond donors (Lipinski definition) is 0. The Morgan fingerprint density at radius 3 is 2.59 bits per heavy atom. The van der Waals surface area contributed by atoms with Crippen LogP contribution in [0.15, 0.2) is 54.7 Å². The van der Waals surface area contributed by atoms with Crippen LogP contribution in [0.1, 0.15) is 53.9 Å². The first kappa shape index (κ1) is 25.8. The van der Waals surface area contributed by atoms with E-state index in [-0.39, 0.29) is 12.3 Å². The maximum absolute atomic E-state index is 12.0. The van der Waals surface area contributed by atoms with Crippen LogP contribution < -0.4 is 4.74 Å². The quantitative estimate of drug-likeness (QED) is 0.351. The molecule has 0 radical (unpaired) electrons. The van der Waals surface area contributed by atoms with Gasteiger partial charge in [0.05, 0.1) is 13.7 Å². The summed E-state index contributed by atoms with van der Waals surface area (Å²) in [4.78, 5) is 14.4. The number of carbonyl (C=O) groups excluding carboxylic acids is 1. The lowest BCUT2D eigenvalue weighted by Crippen LogP contribution is -2.35. The molecular formula is C30H38N2O5. The Morgan fingerprint density at radius 1 is 0.973 bits per heavy atom. The Kier molecular flexibility index (Phi) is 8.76. The highest BCUT2D eigenvalue weighted by atomic mass is 16.7. The van der Waals surface area contributed by atoms with Gasteiger partial charge in [0, 0.05) is 36.8 Å². The SMILES string of the molecule is COC(=O)c1ccccc1OCCN1CCC(c2cn(CCOC3CCCCO3)c3ccccc23)CC1. The fourth-order valence-corrected chi connectivity index (χ4v) is 5.53. The predicted molar refractivity (Wildman–Crippen MR) is 143 cm³/mol. The molecule has 0 amide bonds. The van der Waals surface area contributed by atoms with Crippen molar-refractivity contribution in [3.8, 4) is 5.75 Å². The summed E-state index contributed by atoms with van der Waals surface area (Å²) in [5, 5.41) is 1.36. The summed E-state index contributed by atoms with van der Waals surface area (Å²) in [5.74, 6) is 0.756. The zero-order valence-electron chi connectivity index (χ0n) is 21.8. The van der Waals surface area contributed by atoms with Gasteiger partial charge in [0.15, 0.2) is 6.29 Å². The maximum Gasteiger partial charge on any atom is 0.341 e. The van der Waals surface area contributed by atoms with Crippen LogP contribution in [0, 0.1) is 0 Å². The van der Waals surface area contributed by atoms with Crippen molar-refractivity contribution in [3.63, 3.8) is 0 Å². The number of esters is 1. The number of ether oxygens (including phenoxy) is 4. The summed E-state index contributed by atoms with van der Waals surface area (Å²) in [7, 11) is 1.39. The van der Waals surface area contributed by atoms with Gasteiger partial charge in [-0.2, -0.15) is 0 Å². The first-order valence-corrected chi connectivity index (χ1v) is 13.6. The topological polar surface area (TPSA) is 62.2 Å². The van der Waals surface area contributed by atoms with E-state index in [1.165, 1.54) is 30.0 Å². The number of nitrogens with zero attached hydrogens (tertiary/aromatic N) is 2. The molecule has 0 bridgehead atoms. The lowest BCUT2D eigenvalue weighted by molar-refractivity contribution is -0.163. The van der Waals surface area contributed by atoms with Crippen LogP contribution in [0.5, 0.6) is 5.75 Å². The van der Waals surface area contributed by atoms with E-state index in [4.69, 9.17) is 18.9 Å². The third-order valence-corrected chi connectivity index (χ3v) is 7.58. The van der Waals surface area contributed by atoms with Gasteiger partial charge in [-0.25, -0.2) is 4.79 Å². The average molecular weight is 507 g/mol. The normalized spacial score (nSPS) is 19.2. The van der Waals surface area contributed by atoms with E-state index >= 15 is 0 Å². The number of piperidine rings is 1. The van der Waals surface area contributed by atoms with Gasteiger partial charge in [-0.05, 0) is 74.9 Å². The molecule has 3 heterocycles. The summed E-state index contributed by atoms with van der Waals surface area (Å²) >= 11 is 0. The minimum atomic E-state index is -0.371. The van der Waals surface area contributed by atoms with Gasteiger partial charge in [0.2, 0.25) is 0 Å². The van der Waals surface area contributed by atoms with E-state index in [0.29, 0.717) is 30.4 Å². The fraction of sp³-hybridized carbons (Fsp3) is 0.500. The van der Waals surface area contributed by atoms with E-state index in [2.05, 4.69) is 39.9 Å². The molecule has 2 aromatic carbocycles. The van der Waals surface area contributed by atoms with Crippen LogP contribution in [0.4, 0.5) is 0 Å². The number of rotatable bonds is 10. The minimum absolute atomic E-state index is 0.0442. The Hall–Kier alpha value is -2.87. The molecule has 5 rings (SSSR count). The molecule has 7 heteroatoms.